The highest BCUT2D eigenvalue weighted by molar-refractivity contribution is 5.31. The number of unbranched alkanes of at least 4 members (excludes halogenated alkanes) is 3. The second kappa shape index (κ2) is 6.24. The first-order chi connectivity index (χ1) is 8.11. The normalized spacial score (nSPS) is 10.5. The van der Waals surface area contributed by atoms with Gasteiger partial charge in [0.2, 0.25) is 0 Å². The third kappa shape index (κ3) is 3.20. The average Bonchev–Trinajstić information content (AvgIpc) is 2.33. The van der Waals surface area contributed by atoms with Crippen molar-refractivity contribution >= 4 is 5.82 Å². The number of rotatable bonds is 6. The van der Waals surface area contributed by atoms with Gasteiger partial charge in [0, 0.05) is 19.7 Å². The molecule has 0 atom stereocenters. The fourth-order valence-electron chi connectivity index (χ4n) is 1.70. The van der Waals surface area contributed by atoms with E-state index in [1.807, 2.05) is 0 Å². The molecule has 0 amide bonds. The quantitative estimate of drug-likeness (QED) is 0.429. The molecule has 1 aromatic rings. The zero-order valence-electron chi connectivity index (χ0n) is 10.4. The van der Waals surface area contributed by atoms with Gasteiger partial charge in [0.25, 0.3) is 5.56 Å². The molecule has 6 heteroatoms. The van der Waals surface area contributed by atoms with E-state index in [-0.39, 0.29) is 11.2 Å². The summed E-state index contributed by atoms with van der Waals surface area (Å²) in [4.78, 5) is 23.3. The van der Waals surface area contributed by atoms with E-state index in [0.29, 0.717) is 12.4 Å². The Hall–Kier alpha value is -1.56. The Morgan fingerprint density at radius 1 is 1.29 bits per heavy atom. The zero-order valence-corrected chi connectivity index (χ0v) is 10.4. The van der Waals surface area contributed by atoms with Crippen LogP contribution >= 0.6 is 0 Å². The van der Waals surface area contributed by atoms with Crippen molar-refractivity contribution < 1.29 is 0 Å². The Labute approximate surface area is 100 Å². The van der Waals surface area contributed by atoms with Gasteiger partial charge in [-0.2, -0.15) is 0 Å². The molecule has 0 radical (unpaired) electrons. The molecular weight excluding hydrogens is 220 g/mol. The third-order valence-electron chi connectivity index (χ3n) is 2.78. The molecule has 0 saturated heterocycles. The fourth-order valence-corrected chi connectivity index (χ4v) is 1.70. The van der Waals surface area contributed by atoms with Crippen LogP contribution in [0.5, 0.6) is 0 Å². The molecule has 1 rings (SSSR count). The second-order valence-electron chi connectivity index (χ2n) is 4.07. The topological polar surface area (TPSA) is 82.1 Å². The van der Waals surface area contributed by atoms with E-state index in [1.165, 1.54) is 17.7 Å². The molecule has 96 valence electrons. The Balaban J connectivity index is 2.93. The molecule has 0 spiro atoms. The smallest absolute Gasteiger partial charge is 0.310 e. The number of hydrogen-bond acceptors (Lipinski definition) is 4. The van der Waals surface area contributed by atoms with Crippen LogP contribution in [-0.2, 0) is 13.6 Å². The van der Waals surface area contributed by atoms with Gasteiger partial charge < -0.3 is 5.43 Å². The van der Waals surface area contributed by atoms with Crippen molar-refractivity contribution in [2.75, 3.05) is 5.43 Å². The van der Waals surface area contributed by atoms with Crippen LogP contribution in [0.3, 0.4) is 0 Å². The van der Waals surface area contributed by atoms with E-state index in [2.05, 4.69) is 12.3 Å². The SMILES string of the molecule is CCCCCCn1c(NN)cc(=O)n(C)c1=O. The maximum absolute atomic E-state index is 11.9. The number of anilines is 1. The molecule has 1 aromatic heterocycles. The van der Waals surface area contributed by atoms with Gasteiger partial charge in [0.05, 0.1) is 0 Å². The van der Waals surface area contributed by atoms with Crippen LogP contribution in [0, 0.1) is 0 Å². The van der Waals surface area contributed by atoms with Crippen LogP contribution in [0.15, 0.2) is 15.7 Å². The Kier molecular flexibility index (Phi) is 4.96. The van der Waals surface area contributed by atoms with E-state index < -0.39 is 0 Å². The third-order valence-corrected chi connectivity index (χ3v) is 2.78. The second-order valence-corrected chi connectivity index (χ2v) is 4.07. The molecule has 0 aromatic carbocycles. The molecule has 1 heterocycles. The molecular formula is C11H20N4O2. The highest BCUT2D eigenvalue weighted by Crippen LogP contribution is 2.04. The summed E-state index contributed by atoms with van der Waals surface area (Å²) in [5, 5.41) is 0. The van der Waals surface area contributed by atoms with Gasteiger partial charge >= 0.3 is 5.69 Å². The van der Waals surface area contributed by atoms with E-state index >= 15 is 0 Å². The predicted molar refractivity (Wildman–Crippen MR) is 67.9 cm³/mol. The summed E-state index contributed by atoms with van der Waals surface area (Å²) in [5.41, 5.74) is 1.71. The van der Waals surface area contributed by atoms with Crippen LogP contribution in [0.25, 0.3) is 0 Å². The lowest BCUT2D eigenvalue weighted by Crippen LogP contribution is -2.39. The van der Waals surface area contributed by atoms with Gasteiger partial charge in [-0.1, -0.05) is 26.2 Å². The summed E-state index contributed by atoms with van der Waals surface area (Å²) in [6.45, 7) is 2.71. The number of hydrazine groups is 1. The van der Waals surface area contributed by atoms with Crippen molar-refractivity contribution in [3.63, 3.8) is 0 Å². The van der Waals surface area contributed by atoms with Crippen LogP contribution in [0.2, 0.25) is 0 Å². The molecule has 0 bridgehead atoms. The number of hydrogen-bond donors (Lipinski definition) is 2. The lowest BCUT2D eigenvalue weighted by Gasteiger charge is -2.12. The van der Waals surface area contributed by atoms with Crippen molar-refractivity contribution in [1.82, 2.24) is 9.13 Å². The van der Waals surface area contributed by atoms with Crippen molar-refractivity contribution in [3.8, 4) is 0 Å². The summed E-state index contributed by atoms with van der Waals surface area (Å²) in [6.07, 6.45) is 4.26. The highest BCUT2D eigenvalue weighted by atomic mass is 16.2. The van der Waals surface area contributed by atoms with Crippen LogP contribution in [0.1, 0.15) is 32.6 Å². The first-order valence-electron chi connectivity index (χ1n) is 5.89. The van der Waals surface area contributed by atoms with Crippen LogP contribution < -0.4 is 22.5 Å². The summed E-state index contributed by atoms with van der Waals surface area (Å²) in [7, 11) is 1.47. The average molecular weight is 240 g/mol. The molecule has 0 aliphatic rings. The Bertz CT molecular complexity index is 475. The molecule has 0 fully saturated rings. The summed E-state index contributed by atoms with van der Waals surface area (Å²) in [6, 6.07) is 1.33. The molecule has 17 heavy (non-hydrogen) atoms. The molecule has 3 N–H and O–H groups in total. The standard InChI is InChI=1S/C11H20N4O2/c1-3-4-5-6-7-15-9(13-12)8-10(16)14(2)11(15)17/h8,13H,3-7,12H2,1-2H3. The van der Waals surface area contributed by atoms with Gasteiger partial charge in [-0.15, -0.1) is 0 Å². The maximum atomic E-state index is 11.9. The maximum Gasteiger partial charge on any atom is 0.332 e. The Morgan fingerprint density at radius 3 is 2.59 bits per heavy atom. The molecule has 0 saturated carbocycles. The van der Waals surface area contributed by atoms with Gasteiger partial charge in [0.15, 0.2) is 0 Å². The number of aromatic nitrogens is 2. The monoisotopic (exact) mass is 240 g/mol. The first kappa shape index (κ1) is 13.5. The zero-order chi connectivity index (χ0) is 12.8. The molecule has 0 aliphatic carbocycles. The number of nitrogen functional groups attached to an aromatic ring is 1. The van der Waals surface area contributed by atoms with Gasteiger partial charge in [0.1, 0.15) is 5.82 Å². The minimum absolute atomic E-state index is 0.332. The highest BCUT2D eigenvalue weighted by Gasteiger charge is 2.07. The largest absolute Gasteiger partial charge is 0.332 e. The summed E-state index contributed by atoms with van der Waals surface area (Å²) < 4.78 is 2.58. The molecule has 0 unspecified atom stereocenters. The summed E-state index contributed by atoms with van der Waals surface area (Å²) in [5.74, 6) is 5.68. The first-order valence-corrected chi connectivity index (χ1v) is 5.89. The van der Waals surface area contributed by atoms with E-state index in [1.54, 1.807) is 0 Å². The van der Waals surface area contributed by atoms with Gasteiger partial charge in [-0.25, -0.2) is 10.6 Å². The van der Waals surface area contributed by atoms with Gasteiger partial charge in [-0.05, 0) is 6.42 Å². The number of nitrogens with zero attached hydrogens (tertiary/aromatic N) is 2. The Morgan fingerprint density at radius 2 is 2.00 bits per heavy atom. The lowest BCUT2D eigenvalue weighted by molar-refractivity contribution is 0.545. The van der Waals surface area contributed by atoms with Crippen LogP contribution in [-0.4, -0.2) is 9.13 Å². The van der Waals surface area contributed by atoms with E-state index in [4.69, 9.17) is 5.84 Å². The van der Waals surface area contributed by atoms with Crippen molar-refractivity contribution in [1.29, 1.82) is 0 Å². The number of nitrogens with one attached hydrogen (secondary N) is 1. The van der Waals surface area contributed by atoms with Crippen LogP contribution in [0.4, 0.5) is 5.82 Å². The van der Waals surface area contributed by atoms with Gasteiger partial charge in [-0.3, -0.25) is 13.9 Å². The minimum atomic E-state index is -0.354. The molecule has 6 nitrogen and oxygen atoms in total. The van der Waals surface area contributed by atoms with E-state index in [9.17, 15) is 9.59 Å². The predicted octanol–water partition coefficient (Wildman–Crippen LogP) is 0.413. The fraction of sp³-hybridized carbons (Fsp3) is 0.636. The molecule has 0 aliphatic heterocycles. The number of nitrogens with two attached hydrogens (primary N) is 1. The van der Waals surface area contributed by atoms with Crippen molar-refractivity contribution in [2.45, 2.75) is 39.2 Å². The van der Waals surface area contributed by atoms with Crippen molar-refractivity contribution in [2.24, 2.45) is 12.9 Å². The van der Waals surface area contributed by atoms with E-state index in [0.717, 1.165) is 30.3 Å². The van der Waals surface area contributed by atoms with Crippen molar-refractivity contribution in [3.05, 3.63) is 26.9 Å². The summed E-state index contributed by atoms with van der Waals surface area (Å²) >= 11 is 0. The minimum Gasteiger partial charge on any atom is -0.310 e. The lowest BCUT2D eigenvalue weighted by atomic mass is 10.2.